The smallest absolute Gasteiger partial charge is 0.224 e. The number of fused-ring (bicyclic) bond motifs is 3. The Labute approximate surface area is 131 Å². The molecule has 1 aliphatic rings. The summed E-state index contributed by atoms with van der Waals surface area (Å²) in [6, 6.07) is 16.0. The monoisotopic (exact) mass is 311 g/mol. The van der Waals surface area contributed by atoms with E-state index in [1.807, 2.05) is 36.4 Å². The van der Waals surface area contributed by atoms with Gasteiger partial charge in [-0.3, -0.25) is 0 Å². The molecule has 0 radical (unpaired) electrons. The molecule has 108 valence electrons. The molecular formula is C17H11ClFN3. The van der Waals surface area contributed by atoms with E-state index in [2.05, 4.69) is 27.4 Å². The van der Waals surface area contributed by atoms with Crippen molar-refractivity contribution in [3.8, 4) is 11.1 Å². The predicted molar refractivity (Wildman–Crippen MR) is 84.3 cm³/mol. The number of hydrogen-bond donors (Lipinski definition) is 1. The Balaban J connectivity index is 1.83. The largest absolute Gasteiger partial charge is 0.357 e. The summed E-state index contributed by atoms with van der Waals surface area (Å²) >= 11 is 5.77. The van der Waals surface area contributed by atoms with E-state index in [1.54, 1.807) is 0 Å². The van der Waals surface area contributed by atoms with Crippen LogP contribution in [0.3, 0.4) is 0 Å². The zero-order valence-corrected chi connectivity index (χ0v) is 12.2. The second kappa shape index (κ2) is 5.07. The summed E-state index contributed by atoms with van der Waals surface area (Å²) in [5.41, 5.74) is 4.49. The van der Waals surface area contributed by atoms with Crippen LogP contribution in [-0.4, -0.2) is 9.97 Å². The molecule has 3 nitrogen and oxygen atoms in total. The maximum atomic E-state index is 13.9. The SMILES string of the molecule is Fc1cnc(Cl)nc1NC1c2ccccc2-c2ccccc21. The van der Waals surface area contributed by atoms with Crippen LogP contribution in [0.4, 0.5) is 10.2 Å². The van der Waals surface area contributed by atoms with Crippen LogP contribution in [0, 0.1) is 5.82 Å². The van der Waals surface area contributed by atoms with Crippen LogP contribution < -0.4 is 5.32 Å². The fraction of sp³-hybridized carbons (Fsp3) is 0.0588. The fourth-order valence-electron chi connectivity index (χ4n) is 2.89. The highest BCUT2D eigenvalue weighted by molar-refractivity contribution is 6.28. The number of nitrogens with one attached hydrogen (secondary N) is 1. The van der Waals surface area contributed by atoms with Gasteiger partial charge in [0.25, 0.3) is 0 Å². The molecular weight excluding hydrogens is 301 g/mol. The molecule has 5 heteroatoms. The van der Waals surface area contributed by atoms with Gasteiger partial charge in [-0.15, -0.1) is 0 Å². The number of anilines is 1. The topological polar surface area (TPSA) is 37.8 Å². The van der Waals surface area contributed by atoms with Gasteiger partial charge in [0.2, 0.25) is 5.28 Å². The third-order valence-electron chi connectivity index (χ3n) is 3.83. The molecule has 0 spiro atoms. The molecule has 1 aromatic heterocycles. The summed E-state index contributed by atoms with van der Waals surface area (Å²) in [6.45, 7) is 0. The average Bonchev–Trinajstić information content (AvgIpc) is 2.86. The van der Waals surface area contributed by atoms with Crippen LogP contribution in [0.5, 0.6) is 0 Å². The van der Waals surface area contributed by atoms with Crippen LogP contribution in [-0.2, 0) is 0 Å². The van der Waals surface area contributed by atoms with Gasteiger partial charge in [-0.2, -0.15) is 4.98 Å². The van der Waals surface area contributed by atoms with Gasteiger partial charge in [-0.1, -0.05) is 48.5 Å². The lowest BCUT2D eigenvalue weighted by Crippen LogP contribution is -2.12. The Morgan fingerprint density at radius 3 is 2.18 bits per heavy atom. The van der Waals surface area contributed by atoms with Crippen LogP contribution in [0.2, 0.25) is 5.28 Å². The summed E-state index contributed by atoms with van der Waals surface area (Å²) < 4.78 is 13.9. The summed E-state index contributed by atoms with van der Waals surface area (Å²) in [6.07, 6.45) is 1.07. The molecule has 4 rings (SSSR count). The van der Waals surface area contributed by atoms with Gasteiger partial charge in [0.1, 0.15) is 0 Å². The maximum absolute atomic E-state index is 13.9. The molecule has 0 bridgehead atoms. The third kappa shape index (κ3) is 2.04. The Hall–Kier alpha value is -2.46. The van der Waals surface area contributed by atoms with Crippen molar-refractivity contribution in [2.24, 2.45) is 0 Å². The summed E-state index contributed by atoms with van der Waals surface area (Å²) in [4.78, 5) is 7.59. The number of benzene rings is 2. The predicted octanol–water partition coefficient (Wildman–Crippen LogP) is 4.45. The molecule has 3 aromatic rings. The molecule has 0 atom stereocenters. The van der Waals surface area contributed by atoms with Crippen molar-refractivity contribution >= 4 is 17.4 Å². The highest BCUT2D eigenvalue weighted by Crippen LogP contribution is 2.44. The molecule has 22 heavy (non-hydrogen) atoms. The minimum Gasteiger partial charge on any atom is -0.357 e. The first-order chi connectivity index (χ1) is 10.7. The second-order valence-corrected chi connectivity index (χ2v) is 5.43. The lowest BCUT2D eigenvalue weighted by Gasteiger charge is -2.16. The van der Waals surface area contributed by atoms with Crippen molar-refractivity contribution in [3.63, 3.8) is 0 Å². The molecule has 1 N–H and O–H groups in total. The van der Waals surface area contributed by atoms with Crippen LogP contribution in [0.1, 0.15) is 17.2 Å². The summed E-state index contributed by atoms with van der Waals surface area (Å²) in [7, 11) is 0. The van der Waals surface area contributed by atoms with Crippen molar-refractivity contribution in [3.05, 3.63) is 77.0 Å². The molecule has 0 saturated carbocycles. The van der Waals surface area contributed by atoms with Gasteiger partial charge >= 0.3 is 0 Å². The first-order valence-electron chi connectivity index (χ1n) is 6.87. The Morgan fingerprint density at radius 1 is 0.955 bits per heavy atom. The van der Waals surface area contributed by atoms with Gasteiger partial charge in [0, 0.05) is 0 Å². The highest BCUT2D eigenvalue weighted by atomic mass is 35.5. The van der Waals surface area contributed by atoms with Crippen molar-refractivity contribution in [1.82, 2.24) is 9.97 Å². The minimum atomic E-state index is -0.522. The molecule has 0 fully saturated rings. The average molecular weight is 312 g/mol. The molecule has 0 amide bonds. The maximum Gasteiger partial charge on any atom is 0.224 e. The van der Waals surface area contributed by atoms with E-state index in [0.717, 1.165) is 28.5 Å². The number of hydrogen-bond acceptors (Lipinski definition) is 3. The van der Waals surface area contributed by atoms with E-state index >= 15 is 0 Å². The van der Waals surface area contributed by atoms with Gasteiger partial charge in [-0.25, -0.2) is 9.37 Å². The Bertz CT molecular complexity index is 821. The number of halogens is 2. The van der Waals surface area contributed by atoms with Gasteiger partial charge in [0.15, 0.2) is 11.6 Å². The standard InChI is InChI=1S/C17H11ClFN3/c18-17-20-9-14(19)16(22-17)21-15-12-7-3-1-5-10(12)11-6-2-4-8-13(11)15/h1-9,15H,(H,20,21,22). The van der Waals surface area contributed by atoms with Crippen LogP contribution in [0.15, 0.2) is 54.7 Å². The van der Waals surface area contributed by atoms with E-state index < -0.39 is 5.82 Å². The lowest BCUT2D eigenvalue weighted by atomic mass is 10.1. The van der Waals surface area contributed by atoms with Gasteiger partial charge < -0.3 is 5.32 Å². The highest BCUT2D eigenvalue weighted by Gasteiger charge is 2.28. The first-order valence-corrected chi connectivity index (χ1v) is 7.24. The van der Waals surface area contributed by atoms with E-state index in [-0.39, 0.29) is 17.1 Å². The van der Waals surface area contributed by atoms with E-state index in [9.17, 15) is 4.39 Å². The van der Waals surface area contributed by atoms with E-state index in [1.165, 1.54) is 0 Å². The molecule has 0 saturated heterocycles. The summed E-state index contributed by atoms with van der Waals surface area (Å²) in [5, 5.41) is 3.17. The minimum absolute atomic E-state index is 0.0171. The normalized spacial score (nSPS) is 12.8. The van der Waals surface area contributed by atoms with Crippen LogP contribution >= 0.6 is 11.6 Å². The van der Waals surface area contributed by atoms with Gasteiger partial charge in [-0.05, 0) is 33.9 Å². The van der Waals surface area contributed by atoms with Crippen molar-refractivity contribution in [1.29, 1.82) is 0 Å². The number of nitrogens with zero attached hydrogens (tertiary/aromatic N) is 2. The first kappa shape index (κ1) is 13.2. The molecule has 1 heterocycles. The van der Waals surface area contributed by atoms with Crippen LogP contribution in [0.25, 0.3) is 11.1 Å². The van der Waals surface area contributed by atoms with Crippen molar-refractivity contribution in [2.75, 3.05) is 5.32 Å². The van der Waals surface area contributed by atoms with Gasteiger partial charge in [0.05, 0.1) is 12.2 Å². The zero-order chi connectivity index (χ0) is 15.1. The molecule has 1 aliphatic carbocycles. The number of aromatic nitrogens is 2. The van der Waals surface area contributed by atoms with Crippen molar-refractivity contribution < 1.29 is 4.39 Å². The Kier molecular flexibility index (Phi) is 3.05. The fourth-order valence-corrected chi connectivity index (χ4v) is 3.03. The second-order valence-electron chi connectivity index (χ2n) is 5.09. The van der Waals surface area contributed by atoms with Crippen molar-refractivity contribution in [2.45, 2.75) is 6.04 Å². The Morgan fingerprint density at radius 2 is 1.55 bits per heavy atom. The quantitative estimate of drug-likeness (QED) is 0.710. The number of rotatable bonds is 2. The molecule has 0 aliphatic heterocycles. The summed E-state index contributed by atoms with van der Waals surface area (Å²) in [5.74, 6) is -0.414. The lowest BCUT2D eigenvalue weighted by molar-refractivity contribution is 0.615. The van der Waals surface area contributed by atoms with E-state index in [0.29, 0.717) is 0 Å². The zero-order valence-electron chi connectivity index (χ0n) is 11.4. The van der Waals surface area contributed by atoms with E-state index in [4.69, 9.17) is 11.6 Å². The third-order valence-corrected chi connectivity index (χ3v) is 4.01. The molecule has 2 aromatic carbocycles. The molecule has 0 unspecified atom stereocenters.